The minimum atomic E-state index is -4.23. The fourth-order valence-electron chi connectivity index (χ4n) is 1.27. The molecule has 0 fully saturated rings. The molecular weight excluding hydrogens is 195 g/mol. The van der Waals surface area contributed by atoms with E-state index in [0.29, 0.717) is 13.1 Å². The molecule has 1 heterocycles. The average molecular weight is 207 g/mol. The lowest BCUT2D eigenvalue weighted by Crippen LogP contribution is -2.34. The van der Waals surface area contributed by atoms with Crippen molar-refractivity contribution < 1.29 is 18.0 Å². The Balaban J connectivity index is 2.31. The highest BCUT2D eigenvalue weighted by atomic mass is 19.4. The summed E-state index contributed by atoms with van der Waals surface area (Å²) in [5.74, 6) is -0.410. The highest BCUT2D eigenvalue weighted by Gasteiger charge is 2.29. The molecule has 0 aliphatic carbocycles. The van der Waals surface area contributed by atoms with Gasteiger partial charge in [0.25, 0.3) is 0 Å². The van der Waals surface area contributed by atoms with Gasteiger partial charge < -0.3 is 4.90 Å². The van der Waals surface area contributed by atoms with Gasteiger partial charge >= 0.3 is 6.18 Å². The Hall–Kier alpha value is -1.00. The van der Waals surface area contributed by atoms with E-state index in [-0.39, 0.29) is 0 Å². The molecule has 5 heteroatoms. The number of nitrogens with zero attached hydrogens (tertiary/aromatic N) is 1. The third-order valence-corrected chi connectivity index (χ3v) is 2.03. The number of carbonyl (C=O) groups is 1. The predicted octanol–water partition coefficient (Wildman–Crippen LogP) is 2.12. The zero-order chi connectivity index (χ0) is 10.6. The van der Waals surface area contributed by atoms with E-state index in [0.717, 1.165) is 6.42 Å². The molecule has 80 valence electrons. The van der Waals surface area contributed by atoms with Gasteiger partial charge in [-0.3, -0.25) is 4.79 Å². The molecule has 0 saturated carbocycles. The van der Waals surface area contributed by atoms with E-state index in [1.165, 1.54) is 4.90 Å². The number of hydrogen-bond donors (Lipinski definition) is 0. The van der Waals surface area contributed by atoms with E-state index in [4.69, 9.17) is 0 Å². The van der Waals surface area contributed by atoms with Crippen molar-refractivity contribution in [2.24, 2.45) is 0 Å². The summed E-state index contributed by atoms with van der Waals surface area (Å²) in [5, 5.41) is 0. The monoisotopic (exact) mass is 207 g/mol. The molecule has 0 aromatic carbocycles. The molecule has 2 nitrogen and oxygen atoms in total. The summed E-state index contributed by atoms with van der Waals surface area (Å²) in [5.41, 5.74) is 0. The van der Waals surface area contributed by atoms with Crippen LogP contribution in [0.4, 0.5) is 13.2 Å². The molecule has 14 heavy (non-hydrogen) atoms. The van der Waals surface area contributed by atoms with Crippen LogP contribution in [0.1, 0.15) is 19.3 Å². The van der Waals surface area contributed by atoms with Crippen molar-refractivity contribution in [3.8, 4) is 0 Å². The number of alkyl halides is 3. The molecule has 0 N–H and O–H groups in total. The van der Waals surface area contributed by atoms with E-state index in [9.17, 15) is 18.0 Å². The van der Waals surface area contributed by atoms with Crippen molar-refractivity contribution in [2.75, 3.05) is 13.1 Å². The quantitative estimate of drug-likeness (QED) is 0.635. The van der Waals surface area contributed by atoms with Crippen molar-refractivity contribution >= 4 is 5.91 Å². The molecule has 0 saturated heterocycles. The maximum Gasteiger partial charge on any atom is 0.389 e. The van der Waals surface area contributed by atoms with Crippen LogP contribution in [0.2, 0.25) is 0 Å². The smallest absolute Gasteiger partial charge is 0.339 e. The molecule has 1 rings (SSSR count). The summed E-state index contributed by atoms with van der Waals surface area (Å²) in [6, 6.07) is 0. The molecule has 0 bridgehead atoms. The fraction of sp³-hybridized carbons (Fsp3) is 0.667. The van der Waals surface area contributed by atoms with Gasteiger partial charge in [-0.2, -0.15) is 13.2 Å². The summed E-state index contributed by atoms with van der Waals surface area (Å²) in [7, 11) is 0. The first-order valence-corrected chi connectivity index (χ1v) is 4.48. The van der Waals surface area contributed by atoms with Crippen LogP contribution in [0.5, 0.6) is 0 Å². The average Bonchev–Trinajstić information content (AvgIpc) is 2.14. The standard InChI is InChI=1S/C9H12F3NO/c10-9(11,12)5-4-8(14)13-6-2-1-3-7-13/h1-2H,3-7H2. The van der Waals surface area contributed by atoms with Crippen LogP contribution >= 0.6 is 0 Å². The van der Waals surface area contributed by atoms with Gasteiger partial charge in [-0.25, -0.2) is 0 Å². The summed E-state index contributed by atoms with van der Waals surface area (Å²) in [6.07, 6.45) is -1.23. The highest BCUT2D eigenvalue weighted by Crippen LogP contribution is 2.22. The summed E-state index contributed by atoms with van der Waals surface area (Å²) >= 11 is 0. The third-order valence-electron chi connectivity index (χ3n) is 2.03. The zero-order valence-electron chi connectivity index (χ0n) is 7.68. The van der Waals surface area contributed by atoms with Gasteiger partial charge in [0.05, 0.1) is 6.42 Å². The van der Waals surface area contributed by atoms with Crippen LogP contribution in [0.15, 0.2) is 12.2 Å². The Morgan fingerprint density at radius 3 is 2.57 bits per heavy atom. The molecular formula is C9H12F3NO. The molecule has 0 aromatic rings. The second-order valence-corrected chi connectivity index (χ2v) is 3.22. The Bertz CT molecular complexity index is 235. The van der Waals surface area contributed by atoms with Gasteiger partial charge in [-0.05, 0) is 6.42 Å². The third kappa shape index (κ3) is 3.81. The first-order valence-electron chi connectivity index (χ1n) is 4.48. The van der Waals surface area contributed by atoms with Crippen LogP contribution in [-0.4, -0.2) is 30.1 Å². The second kappa shape index (κ2) is 4.48. The van der Waals surface area contributed by atoms with Gasteiger partial charge in [0.1, 0.15) is 0 Å². The van der Waals surface area contributed by atoms with E-state index in [1.807, 2.05) is 6.08 Å². The van der Waals surface area contributed by atoms with Gasteiger partial charge in [0, 0.05) is 19.5 Å². The minimum Gasteiger partial charge on any atom is -0.339 e. The summed E-state index contributed by atoms with van der Waals surface area (Å²) in [6.45, 7) is 0.976. The minimum absolute atomic E-state index is 0.410. The summed E-state index contributed by atoms with van der Waals surface area (Å²) < 4.78 is 35.4. The number of carbonyl (C=O) groups excluding carboxylic acids is 1. The van der Waals surface area contributed by atoms with Crippen LogP contribution in [0, 0.1) is 0 Å². The Kier molecular flexibility index (Phi) is 3.55. The normalized spacial score (nSPS) is 17.2. The zero-order valence-corrected chi connectivity index (χ0v) is 7.68. The fourth-order valence-corrected chi connectivity index (χ4v) is 1.27. The molecule has 0 atom stereocenters. The van der Waals surface area contributed by atoms with Crippen molar-refractivity contribution in [2.45, 2.75) is 25.4 Å². The number of hydrogen-bond acceptors (Lipinski definition) is 1. The van der Waals surface area contributed by atoms with Crippen molar-refractivity contribution in [3.63, 3.8) is 0 Å². The molecule has 0 radical (unpaired) electrons. The van der Waals surface area contributed by atoms with E-state index in [1.54, 1.807) is 6.08 Å². The first kappa shape index (κ1) is 11.1. The van der Waals surface area contributed by atoms with Gasteiger partial charge in [-0.15, -0.1) is 0 Å². The predicted molar refractivity (Wildman–Crippen MR) is 45.6 cm³/mol. The summed E-state index contributed by atoms with van der Waals surface area (Å²) in [4.78, 5) is 12.7. The van der Waals surface area contributed by atoms with Crippen molar-refractivity contribution in [3.05, 3.63) is 12.2 Å². The maximum atomic E-state index is 11.8. The van der Waals surface area contributed by atoms with Gasteiger partial charge in [-0.1, -0.05) is 12.2 Å². The lowest BCUT2D eigenvalue weighted by Gasteiger charge is -2.23. The van der Waals surface area contributed by atoms with Crippen LogP contribution in [-0.2, 0) is 4.79 Å². The van der Waals surface area contributed by atoms with Crippen LogP contribution < -0.4 is 0 Å². The van der Waals surface area contributed by atoms with E-state index >= 15 is 0 Å². The lowest BCUT2D eigenvalue weighted by molar-refractivity contribution is -0.148. The van der Waals surface area contributed by atoms with Gasteiger partial charge in [0.15, 0.2) is 0 Å². The van der Waals surface area contributed by atoms with E-state index in [2.05, 4.69) is 0 Å². The maximum absolute atomic E-state index is 11.8. The van der Waals surface area contributed by atoms with Crippen molar-refractivity contribution in [1.29, 1.82) is 0 Å². The molecule has 0 aromatic heterocycles. The van der Waals surface area contributed by atoms with E-state index < -0.39 is 24.9 Å². The topological polar surface area (TPSA) is 20.3 Å². The second-order valence-electron chi connectivity index (χ2n) is 3.22. The molecule has 0 spiro atoms. The Morgan fingerprint density at radius 2 is 2.07 bits per heavy atom. The molecule has 0 unspecified atom stereocenters. The Morgan fingerprint density at radius 1 is 1.36 bits per heavy atom. The first-order chi connectivity index (χ1) is 6.49. The number of amides is 1. The van der Waals surface area contributed by atoms with Gasteiger partial charge in [0.2, 0.25) is 5.91 Å². The number of rotatable bonds is 2. The molecule has 1 aliphatic heterocycles. The van der Waals surface area contributed by atoms with Crippen LogP contribution in [0.25, 0.3) is 0 Å². The number of halogens is 3. The lowest BCUT2D eigenvalue weighted by atomic mass is 10.2. The SMILES string of the molecule is O=C(CCC(F)(F)F)N1CC=CCC1. The molecule has 1 aliphatic rings. The molecule has 1 amide bonds. The van der Waals surface area contributed by atoms with Crippen molar-refractivity contribution in [1.82, 2.24) is 4.90 Å². The van der Waals surface area contributed by atoms with Crippen LogP contribution in [0.3, 0.4) is 0 Å². The Labute approximate surface area is 80.4 Å². The largest absolute Gasteiger partial charge is 0.389 e. The highest BCUT2D eigenvalue weighted by molar-refractivity contribution is 5.76.